The molecule has 0 aliphatic carbocycles. The van der Waals surface area contributed by atoms with Gasteiger partial charge in [0, 0.05) is 10.8 Å². The minimum Gasteiger partial charge on any atom is -0.469 e. The standard InChI is InChI=1S/C18H15ClN2O3S/c1-24-16(22)10-11-25-18-20-15-5-3-2-4-14(15)17(23)21(18)13-8-6-12(19)7-9-13/h2-9H,10-11H2,1H3. The predicted octanol–water partition coefficient (Wildman–Crippen LogP) is 3.69. The second-order valence-corrected chi connectivity index (χ2v) is 6.70. The number of rotatable bonds is 5. The van der Waals surface area contributed by atoms with Gasteiger partial charge >= 0.3 is 5.97 Å². The Morgan fingerprint density at radius 1 is 1.20 bits per heavy atom. The van der Waals surface area contributed by atoms with Crippen molar-refractivity contribution in [2.45, 2.75) is 11.6 Å². The van der Waals surface area contributed by atoms with Crippen molar-refractivity contribution in [3.8, 4) is 5.69 Å². The zero-order valence-corrected chi connectivity index (χ0v) is 15.0. The van der Waals surface area contributed by atoms with Crippen molar-refractivity contribution in [3.63, 3.8) is 0 Å². The highest BCUT2D eigenvalue weighted by Gasteiger charge is 2.14. The van der Waals surface area contributed by atoms with E-state index in [-0.39, 0.29) is 17.9 Å². The molecule has 3 rings (SSSR count). The number of para-hydroxylation sites is 1. The summed E-state index contributed by atoms with van der Waals surface area (Å²) in [5, 5.41) is 1.65. The zero-order chi connectivity index (χ0) is 17.8. The number of benzene rings is 2. The molecule has 0 unspecified atom stereocenters. The van der Waals surface area contributed by atoms with Gasteiger partial charge in [0.15, 0.2) is 5.16 Å². The van der Waals surface area contributed by atoms with Gasteiger partial charge in [0.2, 0.25) is 0 Å². The Labute approximate surface area is 153 Å². The normalized spacial score (nSPS) is 10.8. The summed E-state index contributed by atoms with van der Waals surface area (Å²) in [4.78, 5) is 28.9. The van der Waals surface area contributed by atoms with E-state index in [1.54, 1.807) is 41.0 Å². The molecule has 3 aromatic rings. The lowest BCUT2D eigenvalue weighted by Crippen LogP contribution is -2.21. The number of esters is 1. The first-order chi connectivity index (χ1) is 12.1. The number of halogens is 1. The molecule has 7 heteroatoms. The van der Waals surface area contributed by atoms with E-state index in [0.717, 1.165) is 0 Å². The number of methoxy groups -OCH3 is 1. The number of carbonyl (C=O) groups is 1. The molecule has 0 amide bonds. The van der Waals surface area contributed by atoms with Crippen LogP contribution >= 0.6 is 23.4 Å². The summed E-state index contributed by atoms with van der Waals surface area (Å²) in [6, 6.07) is 14.2. The van der Waals surface area contributed by atoms with Crippen LogP contribution in [0, 0.1) is 0 Å². The molecule has 0 atom stereocenters. The first-order valence-corrected chi connectivity index (χ1v) is 8.94. The SMILES string of the molecule is COC(=O)CCSc1nc2ccccc2c(=O)n1-c1ccc(Cl)cc1. The van der Waals surface area contributed by atoms with Gasteiger partial charge in [-0.2, -0.15) is 0 Å². The summed E-state index contributed by atoms with van der Waals surface area (Å²) in [5.74, 6) is 0.166. The molecule has 25 heavy (non-hydrogen) atoms. The van der Waals surface area contributed by atoms with Crippen LogP contribution in [0.15, 0.2) is 58.5 Å². The lowest BCUT2D eigenvalue weighted by molar-refractivity contribution is -0.140. The van der Waals surface area contributed by atoms with E-state index in [4.69, 9.17) is 11.6 Å². The third kappa shape index (κ3) is 3.86. The summed E-state index contributed by atoms with van der Waals surface area (Å²) < 4.78 is 6.20. The fraction of sp³-hybridized carbons (Fsp3) is 0.167. The summed E-state index contributed by atoms with van der Waals surface area (Å²) in [7, 11) is 1.35. The highest BCUT2D eigenvalue weighted by atomic mass is 35.5. The molecule has 0 bridgehead atoms. The zero-order valence-electron chi connectivity index (χ0n) is 13.4. The molecular weight excluding hydrogens is 360 g/mol. The molecule has 0 N–H and O–H groups in total. The van der Waals surface area contributed by atoms with Gasteiger partial charge in [0.25, 0.3) is 5.56 Å². The Bertz CT molecular complexity index is 970. The molecule has 1 aromatic heterocycles. The van der Waals surface area contributed by atoms with E-state index < -0.39 is 0 Å². The molecule has 1 heterocycles. The van der Waals surface area contributed by atoms with Crippen LogP contribution in [0.1, 0.15) is 6.42 Å². The average Bonchev–Trinajstić information content (AvgIpc) is 2.63. The summed E-state index contributed by atoms with van der Waals surface area (Å²) in [6.07, 6.45) is 0.241. The highest BCUT2D eigenvalue weighted by molar-refractivity contribution is 7.99. The van der Waals surface area contributed by atoms with Gasteiger partial charge in [-0.1, -0.05) is 35.5 Å². The maximum Gasteiger partial charge on any atom is 0.306 e. The Hall–Kier alpha value is -2.31. The van der Waals surface area contributed by atoms with Crippen molar-refractivity contribution in [2.75, 3.05) is 12.9 Å². The van der Waals surface area contributed by atoms with Crippen LogP contribution in [0.2, 0.25) is 5.02 Å². The lowest BCUT2D eigenvalue weighted by atomic mass is 10.2. The Morgan fingerprint density at radius 2 is 1.92 bits per heavy atom. The van der Waals surface area contributed by atoms with Crippen LogP contribution < -0.4 is 5.56 Å². The molecule has 0 saturated heterocycles. The van der Waals surface area contributed by atoms with Gasteiger partial charge in [-0.3, -0.25) is 14.2 Å². The van der Waals surface area contributed by atoms with Gasteiger partial charge < -0.3 is 4.74 Å². The molecule has 0 aliphatic rings. The second kappa shape index (κ2) is 7.72. The molecule has 2 aromatic carbocycles. The molecule has 0 radical (unpaired) electrons. The quantitative estimate of drug-likeness (QED) is 0.387. The molecule has 0 fully saturated rings. The van der Waals surface area contributed by atoms with Gasteiger partial charge in [-0.25, -0.2) is 4.98 Å². The maximum absolute atomic E-state index is 13.0. The van der Waals surface area contributed by atoms with Crippen LogP contribution in [-0.4, -0.2) is 28.4 Å². The van der Waals surface area contributed by atoms with E-state index in [1.165, 1.54) is 18.9 Å². The average molecular weight is 375 g/mol. The molecular formula is C18H15ClN2O3S. The van der Waals surface area contributed by atoms with Crippen LogP contribution in [0.3, 0.4) is 0 Å². The third-order valence-corrected chi connectivity index (χ3v) is 4.79. The number of thioether (sulfide) groups is 1. The van der Waals surface area contributed by atoms with Crippen molar-refractivity contribution < 1.29 is 9.53 Å². The van der Waals surface area contributed by atoms with Crippen LogP contribution in [0.5, 0.6) is 0 Å². The summed E-state index contributed by atoms with van der Waals surface area (Å²) >= 11 is 7.29. The lowest BCUT2D eigenvalue weighted by Gasteiger charge is -2.13. The van der Waals surface area contributed by atoms with Gasteiger partial charge in [-0.15, -0.1) is 0 Å². The molecule has 128 valence electrons. The predicted molar refractivity (Wildman–Crippen MR) is 99.7 cm³/mol. The van der Waals surface area contributed by atoms with Gasteiger partial charge in [0.1, 0.15) is 0 Å². The van der Waals surface area contributed by atoms with Crippen molar-refractivity contribution in [1.29, 1.82) is 0 Å². The molecule has 5 nitrogen and oxygen atoms in total. The van der Waals surface area contributed by atoms with E-state index in [2.05, 4.69) is 9.72 Å². The Balaban J connectivity index is 2.09. The largest absolute Gasteiger partial charge is 0.469 e. The molecule has 0 aliphatic heterocycles. The van der Waals surface area contributed by atoms with Crippen LogP contribution in [0.25, 0.3) is 16.6 Å². The topological polar surface area (TPSA) is 61.2 Å². The summed E-state index contributed by atoms with van der Waals surface area (Å²) in [5.41, 5.74) is 1.14. The second-order valence-electron chi connectivity index (χ2n) is 5.20. The number of nitrogens with zero attached hydrogens (tertiary/aromatic N) is 2. The highest BCUT2D eigenvalue weighted by Crippen LogP contribution is 2.23. The minimum atomic E-state index is -0.298. The third-order valence-electron chi connectivity index (χ3n) is 3.59. The smallest absolute Gasteiger partial charge is 0.306 e. The molecule has 0 saturated carbocycles. The Morgan fingerprint density at radius 3 is 2.64 bits per heavy atom. The van der Waals surface area contributed by atoms with E-state index in [1.807, 2.05) is 12.1 Å². The fourth-order valence-corrected chi connectivity index (χ4v) is 3.41. The van der Waals surface area contributed by atoms with Crippen molar-refractivity contribution in [2.24, 2.45) is 0 Å². The molecule has 0 spiro atoms. The van der Waals surface area contributed by atoms with E-state index in [9.17, 15) is 9.59 Å². The van der Waals surface area contributed by atoms with Gasteiger partial charge in [-0.05, 0) is 36.4 Å². The number of hydrogen-bond acceptors (Lipinski definition) is 5. The van der Waals surface area contributed by atoms with Gasteiger partial charge in [0.05, 0.1) is 30.1 Å². The van der Waals surface area contributed by atoms with Crippen molar-refractivity contribution in [3.05, 3.63) is 63.9 Å². The monoisotopic (exact) mass is 374 g/mol. The first-order valence-electron chi connectivity index (χ1n) is 7.57. The maximum atomic E-state index is 13.0. The fourth-order valence-electron chi connectivity index (χ4n) is 2.35. The number of fused-ring (bicyclic) bond motifs is 1. The van der Waals surface area contributed by atoms with Crippen LogP contribution in [0.4, 0.5) is 0 Å². The van der Waals surface area contributed by atoms with Crippen molar-refractivity contribution >= 4 is 40.2 Å². The van der Waals surface area contributed by atoms with E-state index in [0.29, 0.717) is 32.5 Å². The number of hydrogen-bond donors (Lipinski definition) is 0. The van der Waals surface area contributed by atoms with E-state index >= 15 is 0 Å². The Kier molecular flexibility index (Phi) is 5.40. The first kappa shape index (κ1) is 17.5. The summed E-state index contributed by atoms with van der Waals surface area (Å²) in [6.45, 7) is 0. The van der Waals surface area contributed by atoms with Crippen LogP contribution in [-0.2, 0) is 9.53 Å². The van der Waals surface area contributed by atoms with Crippen molar-refractivity contribution in [1.82, 2.24) is 9.55 Å². The number of ether oxygens (including phenoxy) is 1. The number of aromatic nitrogens is 2. The minimum absolute atomic E-state index is 0.159. The number of carbonyl (C=O) groups excluding carboxylic acids is 1.